The van der Waals surface area contributed by atoms with Gasteiger partial charge in [0, 0.05) is 6.54 Å². The van der Waals surface area contributed by atoms with E-state index < -0.39 is 0 Å². The van der Waals surface area contributed by atoms with Crippen molar-refractivity contribution in [2.24, 2.45) is 0 Å². The van der Waals surface area contributed by atoms with Crippen molar-refractivity contribution in [1.82, 2.24) is 10.2 Å². The van der Waals surface area contributed by atoms with Gasteiger partial charge in [-0.1, -0.05) is 54.8 Å². The summed E-state index contributed by atoms with van der Waals surface area (Å²) < 4.78 is 5.33. The van der Waals surface area contributed by atoms with Crippen LogP contribution >= 0.6 is 12.4 Å². The van der Waals surface area contributed by atoms with Gasteiger partial charge < -0.3 is 10.1 Å². The standard InChI is InChI=1S/C23H30N2O2.ClH/c1-18-11-13-19(14-12-18)21(25-15-7-3-4-8-16-25)17-24-23(26)20-9-5-6-10-22(20)27-2;/h5-6,9-14,21H,3-4,7-8,15-17H2,1-2H3,(H,24,26);1H. The normalized spacial score (nSPS) is 15.8. The summed E-state index contributed by atoms with van der Waals surface area (Å²) in [4.78, 5) is 15.3. The summed E-state index contributed by atoms with van der Waals surface area (Å²) in [7, 11) is 1.60. The Hall–Kier alpha value is -2.04. The van der Waals surface area contributed by atoms with Crippen molar-refractivity contribution in [3.63, 3.8) is 0 Å². The lowest BCUT2D eigenvalue weighted by molar-refractivity contribution is 0.0930. The number of nitrogens with one attached hydrogen (secondary N) is 1. The largest absolute Gasteiger partial charge is 0.496 e. The van der Waals surface area contributed by atoms with E-state index in [0.717, 1.165) is 13.1 Å². The molecule has 0 radical (unpaired) electrons. The predicted molar refractivity (Wildman–Crippen MR) is 117 cm³/mol. The number of amides is 1. The van der Waals surface area contributed by atoms with Crippen molar-refractivity contribution in [3.05, 3.63) is 65.2 Å². The third-order valence-corrected chi connectivity index (χ3v) is 5.35. The van der Waals surface area contributed by atoms with Gasteiger partial charge in [-0.2, -0.15) is 0 Å². The molecule has 5 heteroatoms. The molecule has 0 aromatic heterocycles. The minimum absolute atomic E-state index is 0. The Morgan fingerprint density at radius 2 is 1.68 bits per heavy atom. The SMILES string of the molecule is COc1ccccc1C(=O)NCC(c1ccc(C)cc1)N1CCCCCC1.Cl. The zero-order valence-electron chi connectivity index (χ0n) is 16.8. The Morgan fingerprint density at radius 1 is 1.04 bits per heavy atom. The Labute approximate surface area is 174 Å². The molecule has 0 bridgehead atoms. The third-order valence-electron chi connectivity index (χ3n) is 5.35. The predicted octanol–water partition coefficient (Wildman–Crippen LogP) is 4.77. The van der Waals surface area contributed by atoms with Gasteiger partial charge >= 0.3 is 0 Å². The van der Waals surface area contributed by atoms with Crippen LogP contribution in [-0.4, -0.2) is 37.6 Å². The fraction of sp³-hybridized carbons (Fsp3) is 0.435. The lowest BCUT2D eigenvalue weighted by Gasteiger charge is -2.31. The summed E-state index contributed by atoms with van der Waals surface area (Å²) in [6.07, 6.45) is 5.04. The van der Waals surface area contributed by atoms with Crippen molar-refractivity contribution in [2.45, 2.75) is 38.6 Å². The van der Waals surface area contributed by atoms with Crippen LogP contribution in [0.4, 0.5) is 0 Å². The molecule has 1 fully saturated rings. The molecule has 3 rings (SSSR count). The van der Waals surface area contributed by atoms with E-state index in [1.54, 1.807) is 13.2 Å². The van der Waals surface area contributed by atoms with Gasteiger partial charge in [0.15, 0.2) is 0 Å². The van der Waals surface area contributed by atoms with Crippen LogP contribution in [0.15, 0.2) is 48.5 Å². The van der Waals surface area contributed by atoms with E-state index in [9.17, 15) is 4.79 Å². The number of hydrogen-bond acceptors (Lipinski definition) is 3. The maximum absolute atomic E-state index is 12.8. The first-order valence-electron chi connectivity index (χ1n) is 9.91. The number of benzene rings is 2. The molecular weight excluding hydrogens is 372 g/mol. The minimum Gasteiger partial charge on any atom is -0.496 e. The molecule has 1 saturated heterocycles. The lowest BCUT2D eigenvalue weighted by Crippen LogP contribution is -2.38. The van der Waals surface area contributed by atoms with Gasteiger partial charge in [0.05, 0.1) is 18.7 Å². The molecule has 0 spiro atoms. The number of para-hydroxylation sites is 1. The van der Waals surface area contributed by atoms with Crippen molar-refractivity contribution in [1.29, 1.82) is 0 Å². The second-order valence-electron chi connectivity index (χ2n) is 7.29. The molecule has 1 aliphatic rings. The number of methoxy groups -OCH3 is 1. The van der Waals surface area contributed by atoms with Gasteiger partial charge in [-0.15, -0.1) is 12.4 Å². The fourth-order valence-corrected chi connectivity index (χ4v) is 3.77. The fourth-order valence-electron chi connectivity index (χ4n) is 3.77. The lowest BCUT2D eigenvalue weighted by atomic mass is 10.0. The number of ether oxygens (including phenoxy) is 1. The molecule has 1 unspecified atom stereocenters. The van der Waals surface area contributed by atoms with Gasteiger partial charge in [0.2, 0.25) is 0 Å². The van der Waals surface area contributed by atoms with E-state index in [4.69, 9.17) is 4.74 Å². The second-order valence-corrected chi connectivity index (χ2v) is 7.29. The van der Waals surface area contributed by atoms with Gasteiger partial charge in [-0.25, -0.2) is 0 Å². The number of nitrogens with zero attached hydrogens (tertiary/aromatic N) is 1. The van der Waals surface area contributed by atoms with E-state index in [-0.39, 0.29) is 24.4 Å². The average molecular weight is 403 g/mol. The van der Waals surface area contributed by atoms with Crippen molar-refractivity contribution in [2.75, 3.05) is 26.7 Å². The molecular formula is C23H31ClN2O2. The molecule has 1 heterocycles. The van der Waals surface area contributed by atoms with Crippen LogP contribution in [0.5, 0.6) is 5.75 Å². The molecule has 1 atom stereocenters. The Balaban J connectivity index is 0.00000280. The number of rotatable bonds is 6. The first-order chi connectivity index (χ1) is 13.2. The van der Waals surface area contributed by atoms with Gasteiger partial charge in [-0.3, -0.25) is 9.69 Å². The second kappa shape index (κ2) is 11.1. The summed E-state index contributed by atoms with van der Waals surface area (Å²) >= 11 is 0. The van der Waals surface area contributed by atoms with E-state index in [1.807, 2.05) is 18.2 Å². The Bertz CT molecular complexity index is 741. The highest BCUT2D eigenvalue weighted by Gasteiger charge is 2.23. The molecule has 0 aliphatic carbocycles. The van der Waals surface area contributed by atoms with Crippen LogP contribution in [0.3, 0.4) is 0 Å². The highest BCUT2D eigenvalue weighted by atomic mass is 35.5. The Kier molecular flexibility index (Phi) is 8.81. The molecule has 2 aromatic rings. The summed E-state index contributed by atoms with van der Waals surface area (Å²) in [6.45, 7) is 4.88. The van der Waals surface area contributed by atoms with E-state index in [0.29, 0.717) is 17.9 Å². The molecule has 152 valence electrons. The summed E-state index contributed by atoms with van der Waals surface area (Å²) in [6, 6.07) is 16.3. The molecule has 4 nitrogen and oxygen atoms in total. The zero-order chi connectivity index (χ0) is 19.1. The molecule has 2 aromatic carbocycles. The van der Waals surface area contributed by atoms with E-state index in [2.05, 4.69) is 41.4 Å². The van der Waals surface area contributed by atoms with Gasteiger partial charge in [0.1, 0.15) is 5.75 Å². The van der Waals surface area contributed by atoms with Crippen LogP contribution < -0.4 is 10.1 Å². The van der Waals surface area contributed by atoms with Crippen LogP contribution in [0.1, 0.15) is 53.2 Å². The highest BCUT2D eigenvalue weighted by molar-refractivity contribution is 5.96. The van der Waals surface area contributed by atoms with Gasteiger partial charge in [-0.05, 0) is 50.6 Å². The monoisotopic (exact) mass is 402 g/mol. The third kappa shape index (κ3) is 5.73. The first kappa shape index (κ1) is 22.3. The average Bonchev–Trinajstić information content (AvgIpc) is 2.98. The topological polar surface area (TPSA) is 41.6 Å². The van der Waals surface area contributed by atoms with Crippen LogP contribution in [0, 0.1) is 6.92 Å². The van der Waals surface area contributed by atoms with Crippen LogP contribution in [0.25, 0.3) is 0 Å². The maximum Gasteiger partial charge on any atom is 0.255 e. The summed E-state index contributed by atoms with van der Waals surface area (Å²) in [5.74, 6) is 0.524. The zero-order valence-corrected chi connectivity index (χ0v) is 17.6. The molecule has 28 heavy (non-hydrogen) atoms. The molecule has 0 saturated carbocycles. The maximum atomic E-state index is 12.8. The number of likely N-dealkylation sites (tertiary alicyclic amines) is 1. The minimum atomic E-state index is -0.0839. The number of halogens is 1. The quantitative estimate of drug-likeness (QED) is 0.756. The smallest absolute Gasteiger partial charge is 0.255 e. The van der Waals surface area contributed by atoms with Crippen molar-refractivity contribution >= 4 is 18.3 Å². The first-order valence-corrected chi connectivity index (χ1v) is 9.91. The number of aryl methyl sites for hydroxylation is 1. The summed E-state index contributed by atoms with van der Waals surface area (Å²) in [5, 5.41) is 3.14. The summed E-state index contributed by atoms with van der Waals surface area (Å²) in [5.41, 5.74) is 3.10. The highest BCUT2D eigenvalue weighted by Crippen LogP contribution is 2.25. The van der Waals surface area contributed by atoms with Crippen LogP contribution in [0.2, 0.25) is 0 Å². The van der Waals surface area contributed by atoms with Gasteiger partial charge in [0.25, 0.3) is 5.91 Å². The van der Waals surface area contributed by atoms with Crippen molar-refractivity contribution < 1.29 is 9.53 Å². The number of carbonyl (C=O) groups excluding carboxylic acids is 1. The van der Waals surface area contributed by atoms with Crippen LogP contribution in [-0.2, 0) is 0 Å². The Morgan fingerprint density at radius 3 is 2.32 bits per heavy atom. The van der Waals surface area contributed by atoms with E-state index >= 15 is 0 Å². The molecule has 1 aliphatic heterocycles. The molecule has 1 amide bonds. The number of hydrogen-bond donors (Lipinski definition) is 1. The van der Waals surface area contributed by atoms with Crippen molar-refractivity contribution in [3.8, 4) is 5.75 Å². The number of carbonyl (C=O) groups is 1. The van der Waals surface area contributed by atoms with E-state index in [1.165, 1.54) is 36.8 Å². The molecule has 1 N–H and O–H groups in total.